The Morgan fingerprint density at radius 2 is 1.76 bits per heavy atom. The van der Waals surface area contributed by atoms with E-state index in [1.54, 1.807) is 36.4 Å². The van der Waals surface area contributed by atoms with Gasteiger partial charge in [0.15, 0.2) is 5.78 Å². The molecular formula is C18H15FN4O2. The first-order valence-electron chi connectivity index (χ1n) is 7.59. The number of hydrogen-bond acceptors (Lipinski definition) is 5. The number of aromatic nitrogens is 3. The number of rotatable bonds is 5. The lowest BCUT2D eigenvalue weighted by Crippen LogP contribution is -2.18. The lowest BCUT2D eigenvalue weighted by Gasteiger charge is -2.06. The zero-order chi connectivity index (χ0) is 17.8. The van der Waals surface area contributed by atoms with Crippen molar-refractivity contribution >= 4 is 17.4 Å². The minimum absolute atomic E-state index is 0.0232. The van der Waals surface area contributed by atoms with E-state index in [4.69, 9.17) is 0 Å². The van der Waals surface area contributed by atoms with Gasteiger partial charge in [-0.3, -0.25) is 14.6 Å². The summed E-state index contributed by atoms with van der Waals surface area (Å²) in [6.45, 7) is 1.49. The average molecular weight is 338 g/mol. The molecule has 2 N–H and O–H groups in total. The number of halogens is 1. The van der Waals surface area contributed by atoms with Gasteiger partial charge in [0.05, 0.1) is 0 Å². The van der Waals surface area contributed by atoms with Crippen LogP contribution in [0.2, 0.25) is 0 Å². The number of nitrogens with one attached hydrogen (secondary N) is 2. The fourth-order valence-corrected chi connectivity index (χ4v) is 2.25. The maximum absolute atomic E-state index is 12.9. The average Bonchev–Trinajstić information content (AvgIpc) is 2.60. The Hall–Kier alpha value is -3.35. The molecule has 0 amide bonds. The van der Waals surface area contributed by atoms with Crippen molar-refractivity contribution in [3.63, 3.8) is 0 Å². The minimum atomic E-state index is -0.373. The largest absolute Gasteiger partial charge is 0.324 e. The molecule has 0 radical (unpaired) electrons. The van der Waals surface area contributed by atoms with E-state index < -0.39 is 0 Å². The van der Waals surface area contributed by atoms with Gasteiger partial charge in [-0.25, -0.2) is 4.39 Å². The van der Waals surface area contributed by atoms with Crippen LogP contribution in [0, 0.1) is 5.82 Å². The van der Waals surface area contributed by atoms with Crippen LogP contribution < -0.4 is 10.9 Å². The number of carbonyl (C=O) groups is 1. The van der Waals surface area contributed by atoms with E-state index in [0.717, 1.165) is 5.56 Å². The van der Waals surface area contributed by atoms with Crippen molar-refractivity contribution in [3.05, 3.63) is 81.5 Å². The summed E-state index contributed by atoms with van der Waals surface area (Å²) in [5.41, 5.74) is 1.90. The third kappa shape index (κ3) is 4.14. The Kier molecular flexibility index (Phi) is 4.65. The molecule has 0 spiro atoms. The van der Waals surface area contributed by atoms with E-state index >= 15 is 0 Å². The second kappa shape index (κ2) is 7.04. The fourth-order valence-electron chi connectivity index (χ4n) is 2.25. The second-order valence-electron chi connectivity index (χ2n) is 5.51. The number of nitrogens with zero attached hydrogens (tertiary/aromatic N) is 2. The van der Waals surface area contributed by atoms with Crippen LogP contribution in [0.3, 0.4) is 0 Å². The van der Waals surface area contributed by atoms with Crippen molar-refractivity contribution in [2.24, 2.45) is 0 Å². The van der Waals surface area contributed by atoms with Gasteiger partial charge in [0.25, 0.3) is 5.56 Å². The zero-order valence-corrected chi connectivity index (χ0v) is 13.4. The van der Waals surface area contributed by atoms with Crippen molar-refractivity contribution < 1.29 is 9.18 Å². The lowest BCUT2D eigenvalue weighted by atomic mass is 10.1. The highest BCUT2D eigenvalue weighted by Gasteiger charge is 2.07. The first kappa shape index (κ1) is 16.5. The van der Waals surface area contributed by atoms with Crippen molar-refractivity contribution in [3.8, 4) is 0 Å². The molecule has 0 aliphatic rings. The van der Waals surface area contributed by atoms with E-state index in [1.165, 1.54) is 19.1 Å². The highest BCUT2D eigenvalue weighted by atomic mass is 19.1. The van der Waals surface area contributed by atoms with E-state index in [-0.39, 0.29) is 35.2 Å². The highest BCUT2D eigenvalue weighted by molar-refractivity contribution is 5.94. The van der Waals surface area contributed by atoms with Crippen LogP contribution in [-0.2, 0) is 6.42 Å². The van der Waals surface area contributed by atoms with E-state index in [1.807, 2.05) is 0 Å². The molecule has 0 fully saturated rings. The molecule has 0 aliphatic heterocycles. The normalized spacial score (nSPS) is 10.5. The first-order valence-corrected chi connectivity index (χ1v) is 7.59. The summed E-state index contributed by atoms with van der Waals surface area (Å²) in [7, 11) is 0. The highest BCUT2D eigenvalue weighted by Crippen LogP contribution is 2.13. The molecule has 126 valence electrons. The molecule has 0 saturated heterocycles. The van der Waals surface area contributed by atoms with Crippen molar-refractivity contribution in [1.82, 2.24) is 15.2 Å². The minimum Gasteiger partial charge on any atom is -0.324 e. The van der Waals surface area contributed by atoms with Crippen molar-refractivity contribution in [2.45, 2.75) is 13.3 Å². The number of hydrogen-bond donors (Lipinski definition) is 2. The Labute approximate surface area is 142 Å². The summed E-state index contributed by atoms with van der Waals surface area (Å²) in [6.07, 6.45) is 0.260. The molecule has 1 heterocycles. The van der Waals surface area contributed by atoms with Gasteiger partial charge in [0, 0.05) is 17.7 Å². The summed E-state index contributed by atoms with van der Waals surface area (Å²) in [6, 6.07) is 12.6. The topological polar surface area (TPSA) is 87.7 Å². The smallest absolute Gasteiger partial charge is 0.274 e. The van der Waals surface area contributed by atoms with E-state index in [2.05, 4.69) is 20.5 Å². The van der Waals surface area contributed by atoms with E-state index in [0.29, 0.717) is 11.3 Å². The molecular weight excluding hydrogens is 323 g/mol. The van der Waals surface area contributed by atoms with E-state index in [9.17, 15) is 14.0 Å². The molecule has 7 heteroatoms. The molecule has 25 heavy (non-hydrogen) atoms. The maximum atomic E-state index is 12.9. The lowest BCUT2D eigenvalue weighted by molar-refractivity contribution is 0.101. The number of benzene rings is 2. The van der Waals surface area contributed by atoms with Gasteiger partial charge in [0.1, 0.15) is 11.5 Å². The number of Topliss-reactive ketones (excluding diaryl/α,β-unsaturated/α-hetero) is 1. The number of H-pyrrole nitrogens is 1. The summed E-state index contributed by atoms with van der Waals surface area (Å²) >= 11 is 0. The Morgan fingerprint density at radius 3 is 2.36 bits per heavy atom. The summed E-state index contributed by atoms with van der Waals surface area (Å²) in [5.74, 6) is -0.160. The van der Waals surface area contributed by atoms with Gasteiger partial charge in [-0.05, 0) is 48.9 Å². The standard InChI is InChI=1S/C18H15FN4O2/c1-11(24)13-4-8-15(9-5-13)20-18-21-17(25)16(22-23-18)10-12-2-6-14(19)7-3-12/h2-9H,10H2,1H3,(H2,20,21,23,25). The van der Waals surface area contributed by atoms with Crippen LogP contribution in [0.1, 0.15) is 28.5 Å². The zero-order valence-electron chi connectivity index (χ0n) is 13.4. The van der Waals surface area contributed by atoms with Gasteiger partial charge < -0.3 is 5.32 Å². The SMILES string of the molecule is CC(=O)c1ccc(Nc2nnc(Cc3ccc(F)cc3)c(=O)[nH]2)cc1. The van der Waals surface area contributed by atoms with Crippen LogP contribution in [0.5, 0.6) is 0 Å². The van der Waals surface area contributed by atoms with Crippen LogP contribution >= 0.6 is 0 Å². The predicted molar refractivity (Wildman–Crippen MR) is 91.6 cm³/mol. The van der Waals surface area contributed by atoms with Crippen LogP contribution in [0.15, 0.2) is 53.3 Å². The van der Waals surface area contributed by atoms with Gasteiger partial charge in [-0.1, -0.05) is 12.1 Å². The molecule has 1 aromatic heterocycles. The number of ketones is 1. The first-order chi connectivity index (χ1) is 12.0. The van der Waals surface area contributed by atoms with Gasteiger partial charge in [-0.2, -0.15) is 0 Å². The van der Waals surface area contributed by atoms with Crippen LogP contribution in [0.4, 0.5) is 16.0 Å². The molecule has 3 rings (SSSR count). The summed E-state index contributed by atoms with van der Waals surface area (Å²) in [5, 5.41) is 10.8. The molecule has 0 aliphatic carbocycles. The van der Waals surface area contributed by atoms with Gasteiger partial charge in [0.2, 0.25) is 5.95 Å². The maximum Gasteiger partial charge on any atom is 0.274 e. The summed E-state index contributed by atoms with van der Waals surface area (Å²) in [4.78, 5) is 26.0. The molecule has 0 saturated carbocycles. The predicted octanol–water partition coefficient (Wildman–Crippen LogP) is 2.84. The Bertz CT molecular complexity index is 950. The quantitative estimate of drug-likeness (QED) is 0.699. The number of anilines is 2. The molecule has 0 atom stereocenters. The van der Waals surface area contributed by atoms with Crippen LogP contribution in [0.25, 0.3) is 0 Å². The number of aromatic amines is 1. The summed E-state index contributed by atoms with van der Waals surface area (Å²) < 4.78 is 12.9. The third-order valence-corrected chi connectivity index (χ3v) is 3.60. The second-order valence-corrected chi connectivity index (χ2v) is 5.51. The number of carbonyl (C=O) groups excluding carboxylic acids is 1. The Morgan fingerprint density at radius 1 is 1.08 bits per heavy atom. The van der Waals surface area contributed by atoms with Gasteiger partial charge in [-0.15, -0.1) is 10.2 Å². The molecule has 2 aromatic carbocycles. The Balaban J connectivity index is 1.74. The molecule has 3 aromatic rings. The monoisotopic (exact) mass is 338 g/mol. The van der Waals surface area contributed by atoms with Crippen molar-refractivity contribution in [2.75, 3.05) is 5.32 Å². The van der Waals surface area contributed by atoms with Crippen molar-refractivity contribution in [1.29, 1.82) is 0 Å². The van der Waals surface area contributed by atoms with Crippen LogP contribution in [-0.4, -0.2) is 21.0 Å². The third-order valence-electron chi connectivity index (χ3n) is 3.60. The van der Waals surface area contributed by atoms with Gasteiger partial charge >= 0.3 is 0 Å². The molecule has 0 unspecified atom stereocenters. The molecule has 6 nitrogen and oxygen atoms in total. The fraction of sp³-hybridized carbons (Fsp3) is 0.111. The molecule has 0 bridgehead atoms.